The van der Waals surface area contributed by atoms with E-state index in [1.54, 1.807) is 24.4 Å². The number of anilines is 1. The lowest BCUT2D eigenvalue weighted by molar-refractivity contribution is -0.385. The van der Waals surface area contributed by atoms with Crippen molar-refractivity contribution in [3.05, 3.63) is 51.4 Å². The molecule has 1 atom stereocenters. The van der Waals surface area contributed by atoms with Crippen LogP contribution in [0.15, 0.2) is 35.7 Å². The Kier molecular flexibility index (Phi) is 4.71. The van der Waals surface area contributed by atoms with E-state index in [4.69, 9.17) is 0 Å². The number of hydrogen-bond acceptors (Lipinski definition) is 5. The third-order valence-electron chi connectivity index (χ3n) is 4.01. The summed E-state index contributed by atoms with van der Waals surface area (Å²) in [6.07, 6.45) is 6.69. The van der Waals surface area contributed by atoms with E-state index in [0.717, 1.165) is 12.8 Å². The molecule has 0 saturated heterocycles. The zero-order valence-electron chi connectivity index (χ0n) is 13.2. The summed E-state index contributed by atoms with van der Waals surface area (Å²) in [5.74, 6) is 0.256. The molecule has 124 valence electrons. The monoisotopic (exact) mass is 343 g/mol. The number of carbonyl (C=O) groups excluding carboxylic acids is 1. The number of nitro groups is 1. The molecule has 1 aromatic carbocycles. The Hall–Kier alpha value is -2.54. The van der Waals surface area contributed by atoms with Crippen LogP contribution in [-0.4, -0.2) is 15.8 Å². The van der Waals surface area contributed by atoms with E-state index >= 15 is 0 Å². The first-order valence-corrected chi connectivity index (χ1v) is 8.58. The van der Waals surface area contributed by atoms with Gasteiger partial charge in [0.2, 0.25) is 5.91 Å². The fraction of sp³-hybridized carbons (Fsp3) is 0.294. The van der Waals surface area contributed by atoms with Gasteiger partial charge in [0, 0.05) is 29.0 Å². The first-order chi connectivity index (χ1) is 11.5. The van der Waals surface area contributed by atoms with Gasteiger partial charge in [0.15, 0.2) is 5.13 Å². The molecule has 0 fully saturated rings. The molecule has 0 bridgehead atoms. The minimum Gasteiger partial charge on any atom is -0.302 e. The highest BCUT2D eigenvalue weighted by molar-refractivity contribution is 7.14. The van der Waals surface area contributed by atoms with Crippen LogP contribution < -0.4 is 5.32 Å². The molecule has 7 heteroatoms. The van der Waals surface area contributed by atoms with E-state index in [9.17, 15) is 14.9 Å². The molecule has 3 rings (SSSR count). The van der Waals surface area contributed by atoms with Crippen molar-refractivity contribution in [2.24, 2.45) is 5.92 Å². The molecule has 0 radical (unpaired) electrons. The van der Waals surface area contributed by atoms with Gasteiger partial charge in [-0.2, -0.15) is 0 Å². The molecule has 1 heterocycles. The fourth-order valence-corrected chi connectivity index (χ4v) is 3.44. The van der Waals surface area contributed by atoms with Crippen LogP contribution in [0.1, 0.15) is 24.8 Å². The third-order valence-corrected chi connectivity index (χ3v) is 4.77. The maximum Gasteiger partial charge on any atom is 0.272 e. The van der Waals surface area contributed by atoms with Crippen molar-refractivity contribution in [2.45, 2.75) is 26.2 Å². The van der Waals surface area contributed by atoms with Crippen molar-refractivity contribution in [2.75, 3.05) is 5.32 Å². The number of aromatic nitrogens is 1. The number of thiazole rings is 1. The van der Waals surface area contributed by atoms with E-state index in [-0.39, 0.29) is 11.6 Å². The van der Waals surface area contributed by atoms with Crippen LogP contribution in [0, 0.1) is 23.0 Å². The van der Waals surface area contributed by atoms with Crippen LogP contribution in [0.25, 0.3) is 11.3 Å². The Bertz CT molecular complexity index is 813. The quantitative estimate of drug-likeness (QED) is 0.498. The first kappa shape index (κ1) is 16.3. The lowest BCUT2D eigenvalue weighted by Gasteiger charge is -2.06. The molecule has 0 saturated carbocycles. The second kappa shape index (κ2) is 6.92. The molecule has 1 amide bonds. The van der Waals surface area contributed by atoms with Crippen molar-refractivity contribution >= 4 is 28.1 Å². The lowest BCUT2D eigenvalue weighted by atomic mass is 10.1. The number of hydrogen-bond donors (Lipinski definition) is 1. The summed E-state index contributed by atoms with van der Waals surface area (Å²) in [7, 11) is 0. The topological polar surface area (TPSA) is 85.1 Å². The Morgan fingerprint density at radius 2 is 2.33 bits per heavy atom. The Labute approximate surface area is 143 Å². The number of nitro benzene ring substituents is 1. The van der Waals surface area contributed by atoms with Crippen LogP contribution in [0.2, 0.25) is 0 Å². The summed E-state index contributed by atoms with van der Waals surface area (Å²) in [5.41, 5.74) is 1.97. The minimum atomic E-state index is -0.400. The highest BCUT2D eigenvalue weighted by atomic mass is 32.1. The van der Waals surface area contributed by atoms with Crippen molar-refractivity contribution in [3.63, 3.8) is 0 Å². The average molecular weight is 343 g/mol. The molecule has 1 aliphatic carbocycles. The smallest absolute Gasteiger partial charge is 0.272 e. The van der Waals surface area contributed by atoms with Gasteiger partial charge in [0.05, 0.1) is 10.6 Å². The SMILES string of the molecule is Cc1ccc(-c2csc(NC(=O)CC3C=CCC3)n2)cc1[N+](=O)[O-]. The highest BCUT2D eigenvalue weighted by Gasteiger charge is 2.16. The van der Waals surface area contributed by atoms with Crippen LogP contribution >= 0.6 is 11.3 Å². The minimum absolute atomic E-state index is 0.0534. The number of aryl methyl sites for hydroxylation is 1. The van der Waals surface area contributed by atoms with Gasteiger partial charge < -0.3 is 5.32 Å². The number of rotatable bonds is 5. The molecular weight excluding hydrogens is 326 g/mol. The summed E-state index contributed by atoms with van der Waals surface area (Å²) >= 11 is 1.32. The van der Waals surface area contributed by atoms with E-state index in [0.29, 0.717) is 34.3 Å². The number of benzene rings is 1. The summed E-state index contributed by atoms with van der Waals surface area (Å²) in [5, 5.41) is 16.2. The maximum absolute atomic E-state index is 12.0. The highest BCUT2D eigenvalue weighted by Crippen LogP contribution is 2.29. The van der Waals surface area contributed by atoms with Crippen LogP contribution in [0.4, 0.5) is 10.8 Å². The molecule has 1 N–H and O–H groups in total. The largest absolute Gasteiger partial charge is 0.302 e. The molecule has 1 aromatic heterocycles. The van der Waals surface area contributed by atoms with Gasteiger partial charge in [0.25, 0.3) is 5.69 Å². The second-order valence-corrected chi connectivity index (χ2v) is 6.67. The van der Waals surface area contributed by atoms with Gasteiger partial charge in [0.1, 0.15) is 0 Å². The predicted octanol–water partition coefficient (Wildman–Crippen LogP) is 4.32. The van der Waals surface area contributed by atoms with E-state index in [2.05, 4.69) is 22.5 Å². The molecular formula is C17H17N3O3S. The van der Waals surface area contributed by atoms with Gasteiger partial charge in [-0.15, -0.1) is 11.3 Å². The summed E-state index contributed by atoms with van der Waals surface area (Å²) in [4.78, 5) is 27.1. The van der Waals surface area contributed by atoms with Crippen molar-refractivity contribution in [3.8, 4) is 11.3 Å². The molecule has 24 heavy (non-hydrogen) atoms. The first-order valence-electron chi connectivity index (χ1n) is 7.70. The molecule has 0 aliphatic heterocycles. The Morgan fingerprint density at radius 3 is 3.04 bits per heavy atom. The molecule has 1 unspecified atom stereocenters. The number of nitrogens with zero attached hydrogens (tertiary/aromatic N) is 2. The number of carbonyl (C=O) groups is 1. The van der Waals surface area contributed by atoms with Crippen LogP contribution in [0.3, 0.4) is 0 Å². The van der Waals surface area contributed by atoms with E-state index in [1.165, 1.54) is 17.4 Å². The summed E-state index contributed by atoms with van der Waals surface area (Å²) < 4.78 is 0. The number of nitrogens with one attached hydrogen (secondary N) is 1. The molecule has 2 aromatic rings. The zero-order chi connectivity index (χ0) is 17.1. The van der Waals surface area contributed by atoms with Gasteiger partial charge in [-0.25, -0.2) is 4.98 Å². The van der Waals surface area contributed by atoms with Gasteiger partial charge in [-0.3, -0.25) is 14.9 Å². The van der Waals surface area contributed by atoms with Gasteiger partial charge in [-0.1, -0.05) is 24.3 Å². The van der Waals surface area contributed by atoms with Gasteiger partial charge >= 0.3 is 0 Å². The Morgan fingerprint density at radius 1 is 1.50 bits per heavy atom. The summed E-state index contributed by atoms with van der Waals surface area (Å²) in [6.45, 7) is 1.70. The van der Waals surface area contributed by atoms with Crippen molar-refractivity contribution in [1.29, 1.82) is 0 Å². The number of allylic oxidation sites excluding steroid dienone is 2. The third kappa shape index (κ3) is 3.68. The lowest BCUT2D eigenvalue weighted by Crippen LogP contribution is -2.14. The van der Waals surface area contributed by atoms with Crippen LogP contribution in [0.5, 0.6) is 0 Å². The number of amides is 1. The average Bonchev–Trinajstić information content (AvgIpc) is 3.19. The fourth-order valence-electron chi connectivity index (χ4n) is 2.70. The van der Waals surface area contributed by atoms with E-state index < -0.39 is 4.92 Å². The van der Waals surface area contributed by atoms with Crippen molar-refractivity contribution in [1.82, 2.24) is 4.98 Å². The Balaban J connectivity index is 1.71. The summed E-state index contributed by atoms with van der Waals surface area (Å²) in [6, 6.07) is 5.02. The standard InChI is InChI=1S/C17H17N3O3S/c1-11-6-7-13(9-15(11)20(22)23)14-10-24-17(18-14)19-16(21)8-12-4-2-3-5-12/h2,4,6-7,9-10,12H,3,5,8H2,1H3,(H,18,19,21). The van der Waals surface area contributed by atoms with E-state index in [1.807, 2.05) is 0 Å². The molecule has 6 nitrogen and oxygen atoms in total. The second-order valence-electron chi connectivity index (χ2n) is 5.81. The zero-order valence-corrected chi connectivity index (χ0v) is 14.0. The molecule has 0 spiro atoms. The van der Waals surface area contributed by atoms with Crippen LogP contribution in [-0.2, 0) is 4.79 Å². The molecule has 1 aliphatic rings. The van der Waals surface area contributed by atoms with Crippen molar-refractivity contribution < 1.29 is 9.72 Å². The maximum atomic E-state index is 12.0. The normalized spacial score (nSPS) is 16.3. The predicted molar refractivity (Wildman–Crippen MR) is 94.1 cm³/mol. The van der Waals surface area contributed by atoms with Gasteiger partial charge in [-0.05, 0) is 25.7 Å².